The van der Waals surface area contributed by atoms with Crippen LogP contribution in [0.2, 0.25) is 0 Å². The Morgan fingerprint density at radius 2 is 2.06 bits per heavy atom. The number of nitrogens with zero attached hydrogens (tertiary/aromatic N) is 1. The Morgan fingerprint density at radius 1 is 1.41 bits per heavy atom. The van der Waals surface area contributed by atoms with Crippen molar-refractivity contribution in [2.75, 3.05) is 19.6 Å². The summed E-state index contributed by atoms with van der Waals surface area (Å²) in [5.74, 6) is 0.821. The molecule has 1 spiro atoms. The van der Waals surface area contributed by atoms with Crippen molar-refractivity contribution in [2.24, 2.45) is 22.8 Å². The maximum Gasteiger partial charge on any atom is 0.239 e. The molecule has 0 aromatic carbocycles. The zero-order valence-electron chi connectivity index (χ0n) is 10.8. The van der Waals surface area contributed by atoms with Crippen LogP contribution in [0, 0.1) is 11.3 Å². The fourth-order valence-electron chi connectivity index (χ4n) is 3.34. The van der Waals surface area contributed by atoms with E-state index in [4.69, 9.17) is 11.5 Å². The van der Waals surface area contributed by atoms with E-state index in [1.807, 2.05) is 4.90 Å². The molecule has 17 heavy (non-hydrogen) atoms. The molecule has 1 aliphatic heterocycles. The van der Waals surface area contributed by atoms with Crippen LogP contribution in [0.5, 0.6) is 0 Å². The van der Waals surface area contributed by atoms with Gasteiger partial charge in [-0.2, -0.15) is 0 Å². The normalized spacial score (nSPS) is 35.2. The van der Waals surface area contributed by atoms with E-state index in [-0.39, 0.29) is 11.9 Å². The number of hydrogen-bond acceptors (Lipinski definition) is 3. The molecule has 0 aromatic heterocycles. The van der Waals surface area contributed by atoms with Gasteiger partial charge in [0.05, 0.1) is 6.04 Å². The molecule has 1 saturated heterocycles. The molecule has 4 N–H and O–H groups in total. The van der Waals surface area contributed by atoms with Crippen LogP contribution in [0.1, 0.15) is 39.0 Å². The number of carbonyl (C=O) groups is 1. The van der Waals surface area contributed by atoms with Gasteiger partial charge in [-0.25, -0.2) is 0 Å². The Morgan fingerprint density at radius 3 is 2.59 bits per heavy atom. The number of carbonyl (C=O) groups excluding carboxylic acids is 1. The molecule has 1 aliphatic carbocycles. The van der Waals surface area contributed by atoms with Gasteiger partial charge in [0, 0.05) is 13.1 Å². The molecular formula is C13H25N3O. The summed E-state index contributed by atoms with van der Waals surface area (Å²) in [5.41, 5.74) is 11.8. The van der Waals surface area contributed by atoms with Crippen molar-refractivity contribution in [3.8, 4) is 0 Å². The lowest BCUT2D eigenvalue weighted by Crippen LogP contribution is -2.42. The zero-order chi connectivity index (χ0) is 12.5. The average molecular weight is 239 g/mol. The second-order valence-corrected chi connectivity index (χ2v) is 5.98. The SMILES string of the molecule is C[C@@H](N)C(=O)N1CCC2(CCC(CN)CC2)C1. The van der Waals surface area contributed by atoms with Crippen molar-refractivity contribution in [3.05, 3.63) is 0 Å². The average Bonchev–Trinajstić information content (AvgIpc) is 2.73. The quantitative estimate of drug-likeness (QED) is 0.745. The molecule has 0 unspecified atom stereocenters. The maximum atomic E-state index is 11.9. The first kappa shape index (κ1) is 12.8. The van der Waals surface area contributed by atoms with E-state index >= 15 is 0 Å². The second kappa shape index (κ2) is 4.94. The van der Waals surface area contributed by atoms with Gasteiger partial charge >= 0.3 is 0 Å². The van der Waals surface area contributed by atoms with E-state index in [2.05, 4.69) is 0 Å². The van der Waals surface area contributed by atoms with E-state index in [0.717, 1.165) is 26.1 Å². The van der Waals surface area contributed by atoms with Gasteiger partial charge in [0.2, 0.25) is 5.91 Å². The highest BCUT2D eigenvalue weighted by Gasteiger charge is 2.42. The molecule has 2 aliphatic rings. The Labute approximate surface area is 104 Å². The van der Waals surface area contributed by atoms with Crippen LogP contribution in [0.4, 0.5) is 0 Å². The lowest BCUT2D eigenvalue weighted by atomic mass is 9.70. The van der Waals surface area contributed by atoms with Crippen LogP contribution in [-0.4, -0.2) is 36.5 Å². The van der Waals surface area contributed by atoms with E-state index in [0.29, 0.717) is 11.3 Å². The Balaban J connectivity index is 1.91. The highest BCUT2D eigenvalue weighted by Crippen LogP contribution is 2.45. The number of amides is 1. The van der Waals surface area contributed by atoms with Crippen LogP contribution in [0.15, 0.2) is 0 Å². The molecule has 1 amide bonds. The van der Waals surface area contributed by atoms with Crippen LogP contribution in [-0.2, 0) is 4.79 Å². The van der Waals surface area contributed by atoms with E-state index in [1.54, 1.807) is 6.92 Å². The molecule has 2 fully saturated rings. The minimum atomic E-state index is -0.356. The van der Waals surface area contributed by atoms with Gasteiger partial charge in [-0.05, 0) is 56.9 Å². The minimum absolute atomic E-state index is 0.114. The maximum absolute atomic E-state index is 11.9. The molecule has 0 radical (unpaired) electrons. The monoisotopic (exact) mass is 239 g/mol. The fraction of sp³-hybridized carbons (Fsp3) is 0.923. The lowest BCUT2D eigenvalue weighted by molar-refractivity contribution is -0.131. The molecular weight excluding hydrogens is 214 g/mol. The van der Waals surface area contributed by atoms with Crippen molar-refractivity contribution < 1.29 is 4.79 Å². The highest BCUT2D eigenvalue weighted by molar-refractivity contribution is 5.81. The molecule has 1 saturated carbocycles. The first-order chi connectivity index (χ1) is 8.06. The molecule has 0 aromatic rings. The van der Waals surface area contributed by atoms with Gasteiger partial charge in [-0.15, -0.1) is 0 Å². The summed E-state index contributed by atoms with van der Waals surface area (Å²) in [6.07, 6.45) is 6.09. The van der Waals surface area contributed by atoms with E-state index < -0.39 is 0 Å². The van der Waals surface area contributed by atoms with Gasteiger partial charge in [0.25, 0.3) is 0 Å². The second-order valence-electron chi connectivity index (χ2n) is 5.98. The van der Waals surface area contributed by atoms with Crippen LogP contribution < -0.4 is 11.5 Å². The van der Waals surface area contributed by atoms with Crippen molar-refractivity contribution in [3.63, 3.8) is 0 Å². The minimum Gasteiger partial charge on any atom is -0.341 e. The Bertz CT molecular complexity index is 282. The lowest BCUT2D eigenvalue weighted by Gasteiger charge is -2.37. The standard InChI is InChI=1S/C13H25N3O/c1-10(15)12(17)16-7-6-13(9-16)4-2-11(8-14)3-5-13/h10-11H,2-9,14-15H2,1H3/t10-,11?,13?/m1/s1. The van der Waals surface area contributed by atoms with Crippen LogP contribution in [0.3, 0.4) is 0 Å². The third kappa shape index (κ3) is 2.63. The predicted octanol–water partition coefficient (Wildman–Crippen LogP) is 0.701. The number of hydrogen-bond donors (Lipinski definition) is 2. The highest BCUT2D eigenvalue weighted by atomic mass is 16.2. The first-order valence-corrected chi connectivity index (χ1v) is 6.81. The van der Waals surface area contributed by atoms with Crippen molar-refractivity contribution in [2.45, 2.75) is 45.1 Å². The van der Waals surface area contributed by atoms with Gasteiger partial charge in [0.15, 0.2) is 0 Å². The smallest absolute Gasteiger partial charge is 0.239 e. The van der Waals surface area contributed by atoms with Gasteiger partial charge in [-0.3, -0.25) is 4.79 Å². The summed E-state index contributed by atoms with van der Waals surface area (Å²) in [7, 11) is 0. The van der Waals surface area contributed by atoms with Crippen LogP contribution in [0.25, 0.3) is 0 Å². The van der Waals surface area contributed by atoms with Crippen molar-refractivity contribution in [1.82, 2.24) is 4.90 Å². The third-order valence-corrected chi connectivity index (χ3v) is 4.64. The summed E-state index contributed by atoms with van der Waals surface area (Å²) >= 11 is 0. The van der Waals surface area contributed by atoms with Crippen molar-refractivity contribution >= 4 is 5.91 Å². The van der Waals surface area contributed by atoms with Gasteiger partial charge in [0.1, 0.15) is 0 Å². The zero-order valence-corrected chi connectivity index (χ0v) is 10.8. The fourth-order valence-corrected chi connectivity index (χ4v) is 3.34. The summed E-state index contributed by atoms with van der Waals surface area (Å²) < 4.78 is 0. The molecule has 1 heterocycles. The molecule has 4 nitrogen and oxygen atoms in total. The van der Waals surface area contributed by atoms with Gasteiger partial charge in [-0.1, -0.05) is 0 Å². The Hall–Kier alpha value is -0.610. The largest absolute Gasteiger partial charge is 0.341 e. The summed E-state index contributed by atoms with van der Waals surface area (Å²) in [4.78, 5) is 13.8. The van der Waals surface area contributed by atoms with Crippen molar-refractivity contribution in [1.29, 1.82) is 0 Å². The molecule has 0 bridgehead atoms. The molecule has 1 atom stereocenters. The molecule has 2 rings (SSSR count). The predicted molar refractivity (Wildman–Crippen MR) is 68.3 cm³/mol. The first-order valence-electron chi connectivity index (χ1n) is 6.81. The van der Waals surface area contributed by atoms with Crippen LogP contribution >= 0.6 is 0 Å². The Kier molecular flexibility index (Phi) is 3.73. The molecule has 4 heteroatoms. The molecule has 98 valence electrons. The van der Waals surface area contributed by atoms with Gasteiger partial charge < -0.3 is 16.4 Å². The van der Waals surface area contributed by atoms with E-state index in [1.165, 1.54) is 25.7 Å². The number of likely N-dealkylation sites (tertiary alicyclic amines) is 1. The van der Waals surface area contributed by atoms with E-state index in [9.17, 15) is 4.79 Å². The summed E-state index contributed by atoms with van der Waals surface area (Å²) in [6.45, 7) is 4.41. The third-order valence-electron chi connectivity index (χ3n) is 4.64. The number of rotatable bonds is 2. The summed E-state index contributed by atoms with van der Waals surface area (Å²) in [5, 5.41) is 0. The number of nitrogens with two attached hydrogens (primary N) is 2. The summed E-state index contributed by atoms with van der Waals surface area (Å²) in [6, 6.07) is -0.356. The topological polar surface area (TPSA) is 72.4 Å².